The van der Waals surface area contributed by atoms with Crippen LogP contribution in [0.4, 0.5) is 5.82 Å². The third-order valence-corrected chi connectivity index (χ3v) is 3.80. The Morgan fingerprint density at radius 1 is 1.19 bits per heavy atom. The first-order chi connectivity index (χ1) is 10.0. The smallest absolute Gasteiger partial charge is 0.226 e. The molecule has 2 aromatic heterocycles. The lowest BCUT2D eigenvalue weighted by atomic mass is 10.1. The number of fused-ring (bicyclic) bond motifs is 1. The molecule has 2 N–H and O–H groups in total. The van der Waals surface area contributed by atoms with Crippen molar-refractivity contribution in [1.29, 1.82) is 0 Å². The Hall–Kier alpha value is -1.56. The Labute approximate surface area is 135 Å². The highest BCUT2D eigenvalue weighted by molar-refractivity contribution is 6.35. The molecule has 108 valence electrons. The first-order valence-corrected chi connectivity index (χ1v) is 7.26. The summed E-state index contributed by atoms with van der Waals surface area (Å²) in [5.74, 6) is 0.595. The fourth-order valence-electron chi connectivity index (χ4n) is 2.05. The summed E-state index contributed by atoms with van der Waals surface area (Å²) in [5.41, 5.74) is 1.49. The maximum Gasteiger partial charge on any atom is 0.226 e. The van der Waals surface area contributed by atoms with E-state index < -0.39 is 0 Å². The summed E-state index contributed by atoms with van der Waals surface area (Å²) in [6, 6.07) is 5.29. The number of aromatic amines is 1. The number of aromatic nitrogens is 4. The largest absolute Gasteiger partial charge is 0.363 e. The zero-order valence-corrected chi connectivity index (χ0v) is 13.1. The summed E-state index contributed by atoms with van der Waals surface area (Å²) in [6.07, 6.45) is 1.64. The van der Waals surface area contributed by atoms with Crippen molar-refractivity contribution >= 4 is 51.7 Å². The van der Waals surface area contributed by atoms with Gasteiger partial charge in [-0.05, 0) is 36.2 Å². The zero-order chi connectivity index (χ0) is 15.0. The Morgan fingerprint density at radius 2 is 2.00 bits per heavy atom. The zero-order valence-electron chi connectivity index (χ0n) is 10.9. The minimum atomic E-state index is -0.0844. The average Bonchev–Trinajstić information content (AvgIpc) is 2.86. The van der Waals surface area contributed by atoms with Crippen LogP contribution in [0.2, 0.25) is 15.3 Å². The van der Waals surface area contributed by atoms with Gasteiger partial charge in [0, 0.05) is 10.0 Å². The van der Waals surface area contributed by atoms with Gasteiger partial charge < -0.3 is 5.32 Å². The Bertz CT molecular complexity index is 802. The molecule has 5 nitrogen and oxygen atoms in total. The van der Waals surface area contributed by atoms with Crippen molar-refractivity contribution in [2.75, 3.05) is 5.32 Å². The van der Waals surface area contributed by atoms with Crippen LogP contribution in [0.25, 0.3) is 11.0 Å². The van der Waals surface area contributed by atoms with Crippen LogP contribution in [0.15, 0.2) is 24.4 Å². The molecule has 0 aliphatic heterocycles. The second-order valence-corrected chi connectivity index (χ2v) is 5.69. The summed E-state index contributed by atoms with van der Waals surface area (Å²) in [4.78, 5) is 8.26. The number of rotatable bonds is 3. The molecule has 0 aliphatic rings. The van der Waals surface area contributed by atoms with Crippen LogP contribution < -0.4 is 5.32 Å². The third kappa shape index (κ3) is 2.90. The Morgan fingerprint density at radius 3 is 2.76 bits per heavy atom. The number of anilines is 1. The van der Waals surface area contributed by atoms with Gasteiger partial charge in [0.25, 0.3) is 0 Å². The molecule has 0 amide bonds. The molecule has 0 aliphatic carbocycles. The molecule has 0 fully saturated rings. The Balaban J connectivity index is 1.96. The molecule has 3 aromatic rings. The van der Waals surface area contributed by atoms with Crippen LogP contribution in [0.5, 0.6) is 0 Å². The standard InChI is InChI=1S/C13H10Cl3N5/c1-6(8-3-2-7(14)4-10(8)15)18-11-9-5-17-21-12(9)20-13(16)19-11/h2-6H,1H3,(H2,17,18,19,20,21). The number of halogens is 3. The maximum atomic E-state index is 6.22. The van der Waals surface area contributed by atoms with E-state index in [0.717, 1.165) is 10.9 Å². The van der Waals surface area contributed by atoms with Gasteiger partial charge in [0.05, 0.1) is 17.6 Å². The molecule has 3 rings (SSSR count). The molecule has 1 aromatic carbocycles. The molecule has 21 heavy (non-hydrogen) atoms. The summed E-state index contributed by atoms with van der Waals surface area (Å²) in [6.45, 7) is 1.97. The first-order valence-electron chi connectivity index (χ1n) is 6.12. The number of nitrogens with one attached hydrogen (secondary N) is 2. The number of nitrogens with zero attached hydrogens (tertiary/aromatic N) is 3. The lowest BCUT2D eigenvalue weighted by molar-refractivity contribution is 0.876. The molecule has 1 unspecified atom stereocenters. The lowest BCUT2D eigenvalue weighted by Crippen LogP contribution is -2.09. The van der Waals surface area contributed by atoms with E-state index in [9.17, 15) is 0 Å². The highest BCUT2D eigenvalue weighted by Crippen LogP contribution is 2.30. The van der Waals surface area contributed by atoms with E-state index in [1.807, 2.05) is 13.0 Å². The van der Waals surface area contributed by atoms with Gasteiger partial charge in [-0.15, -0.1) is 0 Å². The fraction of sp³-hybridized carbons (Fsp3) is 0.154. The molecule has 0 radical (unpaired) electrons. The molecule has 0 spiro atoms. The molecular formula is C13H10Cl3N5. The van der Waals surface area contributed by atoms with E-state index in [1.165, 1.54) is 0 Å². The Kier molecular flexibility index (Phi) is 3.89. The molecule has 0 saturated heterocycles. The van der Waals surface area contributed by atoms with Crippen molar-refractivity contribution in [3.63, 3.8) is 0 Å². The summed E-state index contributed by atoms with van der Waals surface area (Å²) in [5, 5.41) is 12.1. The number of hydrogen-bond acceptors (Lipinski definition) is 4. The number of benzene rings is 1. The quantitative estimate of drug-likeness (QED) is 0.688. The van der Waals surface area contributed by atoms with Gasteiger partial charge >= 0.3 is 0 Å². The highest BCUT2D eigenvalue weighted by atomic mass is 35.5. The van der Waals surface area contributed by atoms with Crippen molar-refractivity contribution in [2.24, 2.45) is 0 Å². The molecule has 0 saturated carbocycles. The SMILES string of the molecule is CC(Nc1nc(Cl)nc2[nH]ncc12)c1ccc(Cl)cc1Cl. The van der Waals surface area contributed by atoms with Gasteiger partial charge in [-0.3, -0.25) is 5.10 Å². The van der Waals surface area contributed by atoms with Crippen LogP contribution in [-0.2, 0) is 0 Å². The van der Waals surface area contributed by atoms with E-state index in [4.69, 9.17) is 34.8 Å². The number of H-pyrrole nitrogens is 1. The second-order valence-electron chi connectivity index (χ2n) is 4.51. The topological polar surface area (TPSA) is 66.5 Å². The van der Waals surface area contributed by atoms with Crippen molar-refractivity contribution in [3.8, 4) is 0 Å². The minimum Gasteiger partial charge on any atom is -0.363 e. The summed E-state index contributed by atoms with van der Waals surface area (Å²) >= 11 is 18.0. The van der Waals surface area contributed by atoms with Gasteiger partial charge in [-0.2, -0.15) is 15.1 Å². The van der Waals surface area contributed by atoms with Crippen LogP contribution in [-0.4, -0.2) is 20.2 Å². The van der Waals surface area contributed by atoms with Crippen molar-refractivity contribution in [2.45, 2.75) is 13.0 Å². The average molecular weight is 343 g/mol. The summed E-state index contributed by atoms with van der Waals surface area (Å²) in [7, 11) is 0. The van der Waals surface area contributed by atoms with Crippen molar-refractivity contribution in [3.05, 3.63) is 45.3 Å². The first kappa shape index (κ1) is 14.4. The molecule has 0 bridgehead atoms. The predicted molar refractivity (Wildman–Crippen MR) is 85.2 cm³/mol. The molecule has 8 heteroatoms. The normalized spacial score (nSPS) is 12.6. The minimum absolute atomic E-state index is 0.0844. The predicted octanol–water partition coefficient (Wildman–Crippen LogP) is 4.49. The monoisotopic (exact) mass is 341 g/mol. The highest BCUT2D eigenvalue weighted by Gasteiger charge is 2.14. The van der Waals surface area contributed by atoms with Crippen LogP contribution in [0.1, 0.15) is 18.5 Å². The van der Waals surface area contributed by atoms with E-state index in [2.05, 4.69) is 25.5 Å². The van der Waals surface area contributed by atoms with Gasteiger partial charge in [0.2, 0.25) is 5.28 Å². The van der Waals surface area contributed by atoms with E-state index in [-0.39, 0.29) is 11.3 Å². The van der Waals surface area contributed by atoms with Crippen LogP contribution in [0.3, 0.4) is 0 Å². The van der Waals surface area contributed by atoms with Crippen LogP contribution >= 0.6 is 34.8 Å². The molecule has 1 atom stereocenters. The number of hydrogen-bond donors (Lipinski definition) is 2. The fourth-order valence-corrected chi connectivity index (χ4v) is 2.79. The molecule has 2 heterocycles. The second kappa shape index (κ2) is 5.67. The van der Waals surface area contributed by atoms with Gasteiger partial charge in [-0.1, -0.05) is 29.3 Å². The lowest BCUT2D eigenvalue weighted by Gasteiger charge is -2.17. The van der Waals surface area contributed by atoms with Crippen LogP contribution in [0, 0.1) is 0 Å². The third-order valence-electron chi connectivity index (χ3n) is 3.06. The van der Waals surface area contributed by atoms with Gasteiger partial charge in [0.1, 0.15) is 5.82 Å². The van der Waals surface area contributed by atoms with Gasteiger partial charge in [0.15, 0.2) is 5.65 Å². The van der Waals surface area contributed by atoms with Crippen molar-refractivity contribution in [1.82, 2.24) is 20.2 Å². The maximum absolute atomic E-state index is 6.22. The van der Waals surface area contributed by atoms with E-state index in [0.29, 0.717) is 21.5 Å². The van der Waals surface area contributed by atoms with E-state index in [1.54, 1.807) is 18.3 Å². The summed E-state index contributed by atoms with van der Waals surface area (Å²) < 4.78 is 0. The molecular weight excluding hydrogens is 333 g/mol. The van der Waals surface area contributed by atoms with Gasteiger partial charge in [-0.25, -0.2) is 0 Å². The van der Waals surface area contributed by atoms with E-state index >= 15 is 0 Å². The van der Waals surface area contributed by atoms with Crippen molar-refractivity contribution < 1.29 is 0 Å².